The van der Waals surface area contributed by atoms with E-state index < -0.39 is 16.5 Å². The number of nitrogens with zero attached hydrogens (tertiary/aromatic N) is 2. The molecule has 2 aromatic carbocycles. The van der Waals surface area contributed by atoms with Gasteiger partial charge in [-0.25, -0.2) is 4.79 Å². The van der Waals surface area contributed by atoms with Crippen LogP contribution in [0.1, 0.15) is 28.4 Å². The van der Waals surface area contributed by atoms with E-state index in [-0.39, 0.29) is 11.3 Å². The molecule has 136 valence electrons. The quantitative estimate of drug-likeness (QED) is 0.343. The van der Waals surface area contributed by atoms with Gasteiger partial charge in [-0.05, 0) is 26.0 Å². The topological polar surface area (TPSA) is 72.7 Å². The Bertz CT molecular complexity index is 832. The van der Waals surface area contributed by atoms with E-state index in [0.29, 0.717) is 4.99 Å². The molecule has 0 amide bonds. The lowest BCUT2D eigenvalue weighted by Crippen LogP contribution is -2.43. The van der Waals surface area contributed by atoms with Gasteiger partial charge in [-0.2, -0.15) is 0 Å². The first-order valence-electron chi connectivity index (χ1n) is 7.92. The maximum absolute atomic E-state index is 12.6. The first-order valence-corrected chi connectivity index (χ1v) is 8.32. The van der Waals surface area contributed by atoms with Gasteiger partial charge in [-0.1, -0.05) is 42.0 Å². The smallest absolute Gasteiger partial charge is 0.339 e. The number of rotatable bonds is 5. The van der Waals surface area contributed by atoms with Crippen LogP contribution in [0.5, 0.6) is 0 Å². The number of benzene rings is 2. The molecule has 1 unspecified atom stereocenters. The Labute approximate surface area is 157 Å². The zero-order valence-electron chi connectivity index (χ0n) is 15.1. The van der Waals surface area contributed by atoms with Gasteiger partial charge in [0, 0.05) is 31.8 Å². The van der Waals surface area contributed by atoms with Gasteiger partial charge in [-0.15, -0.1) is 0 Å². The van der Waals surface area contributed by atoms with Gasteiger partial charge in [0.2, 0.25) is 0 Å². The summed E-state index contributed by atoms with van der Waals surface area (Å²) in [7, 11) is 3.57. The van der Waals surface area contributed by atoms with E-state index in [9.17, 15) is 14.9 Å². The summed E-state index contributed by atoms with van der Waals surface area (Å²) >= 11 is 5.51. The summed E-state index contributed by atoms with van der Waals surface area (Å²) < 4.78 is 5.78. The molecule has 0 saturated heterocycles. The molecule has 7 heteroatoms. The fourth-order valence-corrected chi connectivity index (χ4v) is 2.65. The minimum Gasteiger partial charge on any atom is -0.443 e. The highest BCUT2D eigenvalue weighted by atomic mass is 32.1. The molecule has 0 bridgehead atoms. The van der Waals surface area contributed by atoms with Crippen molar-refractivity contribution in [2.45, 2.75) is 19.4 Å². The predicted octanol–water partition coefficient (Wildman–Crippen LogP) is 3.86. The van der Waals surface area contributed by atoms with Crippen LogP contribution in [0.2, 0.25) is 0 Å². The van der Waals surface area contributed by atoms with Crippen molar-refractivity contribution in [1.29, 1.82) is 0 Å². The van der Waals surface area contributed by atoms with Crippen LogP contribution in [0.4, 0.5) is 5.69 Å². The molecule has 6 nitrogen and oxygen atoms in total. The van der Waals surface area contributed by atoms with Crippen molar-refractivity contribution >= 4 is 28.9 Å². The minimum atomic E-state index is -1.15. The SMILES string of the molecule is Cc1ccc(C(C)(OC(=O)c2ccc([N+](=O)[O-])cc2)C(=S)N(C)C)cc1. The van der Waals surface area contributed by atoms with E-state index >= 15 is 0 Å². The number of thiocarbonyl (C=S) groups is 1. The lowest BCUT2D eigenvalue weighted by Gasteiger charge is -2.34. The fourth-order valence-electron chi connectivity index (χ4n) is 2.49. The van der Waals surface area contributed by atoms with Crippen molar-refractivity contribution in [1.82, 2.24) is 4.90 Å². The Hall–Kier alpha value is -2.80. The third-order valence-corrected chi connectivity index (χ3v) is 4.78. The summed E-state index contributed by atoms with van der Waals surface area (Å²) in [5.74, 6) is -0.604. The van der Waals surface area contributed by atoms with Crippen LogP contribution in [-0.4, -0.2) is 34.9 Å². The summed E-state index contributed by atoms with van der Waals surface area (Å²) in [6.45, 7) is 3.71. The Kier molecular flexibility index (Phi) is 5.72. The molecule has 0 fully saturated rings. The third-order valence-electron chi connectivity index (χ3n) is 4.03. The summed E-state index contributed by atoms with van der Waals surface area (Å²) in [6, 6.07) is 12.9. The number of hydrogen-bond acceptors (Lipinski definition) is 5. The zero-order chi connectivity index (χ0) is 19.5. The average Bonchev–Trinajstić information content (AvgIpc) is 2.61. The summed E-state index contributed by atoms with van der Waals surface area (Å²) in [5.41, 5.74) is 0.804. The molecule has 0 N–H and O–H groups in total. The molecule has 0 saturated carbocycles. The van der Waals surface area contributed by atoms with Gasteiger partial charge in [0.05, 0.1) is 10.5 Å². The van der Waals surface area contributed by atoms with Gasteiger partial charge in [0.25, 0.3) is 5.69 Å². The number of aryl methyl sites for hydroxylation is 1. The second-order valence-corrected chi connectivity index (χ2v) is 6.68. The van der Waals surface area contributed by atoms with Crippen LogP contribution in [0, 0.1) is 17.0 Å². The van der Waals surface area contributed by atoms with Gasteiger partial charge in [0.1, 0.15) is 4.99 Å². The number of non-ortho nitro benzene ring substituents is 1. The van der Waals surface area contributed by atoms with Gasteiger partial charge in [0.15, 0.2) is 5.60 Å². The zero-order valence-corrected chi connectivity index (χ0v) is 15.9. The molecular weight excluding hydrogens is 352 g/mol. The van der Waals surface area contributed by atoms with Gasteiger partial charge in [-0.3, -0.25) is 10.1 Å². The van der Waals surface area contributed by atoms with Gasteiger partial charge >= 0.3 is 5.97 Å². The number of ether oxygens (including phenoxy) is 1. The lowest BCUT2D eigenvalue weighted by molar-refractivity contribution is -0.384. The summed E-state index contributed by atoms with van der Waals surface area (Å²) in [6.07, 6.45) is 0. The molecular formula is C19H20N2O4S. The van der Waals surface area contributed by atoms with Crippen LogP contribution in [-0.2, 0) is 10.3 Å². The number of nitro benzene ring substituents is 1. The highest BCUT2D eigenvalue weighted by molar-refractivity contribution is 7.80. The molecule has 1 atom stereocenters. The normalized spacial score (nSPS) is 12.8. The fraction of sp³-hybridized carbons (Fsp3) is 0.263. The molecule has 0 spiro atoms. The summed E-state index contributed by atoms with van der Waals surface area (Å²) in [4.78, 5) is 25.0. The van der Waals surface area contributed by atoms with Crippen LogP contribution >= 0.6 is 12.2 Å². The number of nitro groups is 1. The second-order valence-electron chi connectivity index (χ2n) is 6.29. The van der Waals surface area contributed by atoms with Crippen molar-refractivity contribution in [2.24, 2.45) is 0 Å². The van der Waals surface area contributed by atoms with E-state index in [1.807, 2.05) is 31.2 Å². The number of hydrogen-bond donors (Lipinski definition) is 0. The molecule has 0 aliphatic heterocycles. The molecule has 0 aliphatic carbocycles. The Morgan fingerprint density at radius 3 is 2.12 bits per heavy atom. The average molecular weight is 372 g/mol. The van der Waals surface area contributed by atoms with Crippen LogP contribution in [0.15, 0.2) is 48.5 Å². The van der Waals surface area contributed by atoms with E-state index in [1.54, 1.807) is 25.9 Å². The van der Waals surface area contributed by atoms with E-state index in [1.165, 1.54) is 24.3 Å². The third kappa shape index (κ3) is 4.05. The van der Waals surface area contributed by atoms with Crippen molar-refractivity contribution in [2.75, 3.05) is 14.1 Å². The lowest BCUT2D eigenvalue weighted by atomic mass is 9.94. The Balaban J connectivity index is 2.37. The van der Waals surface area contributed by atoms with Crippen molar-refractivity contribution in [3.8, 4) is 0 Å². The monoisotopic (exact) mass is 372 g/mol. The Morgan fingerprint density at radius 1 is 1.12 bits per heavy atom. The minimum absolute atomic E-state index is 0.0911. The Morgan fingerprint density at radius 2 is 1.65 bits per heavy atom. The largest absolute Gasteiger partial charge is 0.443 e. The van der Waals surface area contributed by atoms with E-state index in [4.69, 9.17) is 17.0 Å². The number of likely N-dealkylation sites (N-methyl/N-ethyl adjacent to an activating group) is 1. The maximum Gasteiger partial charge on any atom is 0.339 e. The van der Waals surface area contributed by atoms with Crippen LogP contribution in [0.3, 0.4) is 0 Å². The highest BCUT2D eigenvalue weighted by Crippen LogP contribution is 2.30. The van der Waals surface area contributed by atoms with Crippen LogP contribution < -0.4 is 0 Å². The first kappa shape index (κ1) is 19.5. The number of carbonyl (C=O) groups is 1. The molecule has 2 rings (SSSR count). The molecule has 0 aliphatic rings. The number of carbonyl (C=O) groups excluding carboxylic acids is 1. The highest BCUT2D eigenvalue weighted by Gasteiger charge is 2.37. The van der Waals surface area contributed by atoms with Gasteiger partial charge < -0.3 is 9.64 Å². The standard InChI is InChI=1S/C19H20N2O4S/c1-13-5-9-15(10-6-13)19(2,18(26)20(3)4)25-17(22)14-7-11-16(12-8-14)21(23)24/h5-12H,1-4H3. The van der Waals surface area contributed by atoms with Crippen molar-refractivity contribution < 1.29 is 14.5 Å². The molecule has 0 radical (unpaired) electrons. The number of esters is 1. The maximum atomic E-state index is 12.6. The first-order chi connectivity index (χ1) is 12.1. The molecule has 0 heterocycles. The van der Waals surface area contributed by atoms with E-state index in [0.717, 1.165) is 11.1 Å². The molecule has 26 heavy (non-hydrogen) atoms. The van der Waals surface area contributed by atoms with Crippen molar-refractivity contribution in [3.05, 3.63) is 75.3 Å². The molecule has 0 aromatic heterocycles. The van der Waals surface area contributed by atoms with Crippen molar-refractivity contribution in [3.63, 3.8) is 0 Å². The second kappa shape index (κ2) is 7.61. The van der Waals surface area contributed by atoms with E-state index in [2.05, 4.69) is 0 Å². The molecule has 2 aromatic rings. The van der Waals surface area contributed by atoms with Crippen LogP contribution in [0.25, 0.3) is 0 Å². The predicted molar refractivity (Wildman–Crippen MR) is 103 cm³/mol. The summed E-state index contributed by atoms with van der Waals surface area (Å²) in [5, 5.41) is 10.8.